The molecule has 0 bridgehead atoms. The van der Waals surface area contributed by atoms with Crippen LogP contribution in [0.4, 0.5) is 17.1 Å². The number of hydrogen-bond donors (Lipinski definition) is 0. The topological polar surface area (TPSA) is 72.2 Å². The summed E-state index contributed by atoms with van der Waals surface area (Å²) in [7, 11) is 2.05. The summed E-state index contributed by atoms with van der Waals surface area (Å²) in [5, 5.41) is 2.10. The molecule has 0 radical (unpaired) electrons. The van der Waals surface area contributed by atoms with Crippen molar-refractivity contribution in [2.75, 3.05) is 16.8 Å². The number of pyridine rings is 1. The number of benzene rings is 4. The van der Waals surface area contributed by atoms with E-state index in [1.54, 1.807) is 0 Å². The first kappa shape index (κ1) is 39.2. The molecule has 0 saturated carbocycles. The van der Waals surface area contributed by atoms with Crippen LogP contribution in [0.5, 0.6) is 11.5 Å². The smallest absolute Gasteiger partial charge is 0.137 e. The SMILES string of the molecule is Cc1ccnc(-n2c3[c-]c(Oc4[c-]c(N5[CH-]N(C)c6ccccc65)ccc4)c(-c4nc(C(C)(C)C)nc(C(C)(C)C)n4)cc3c3cc(C(C)(C)C)ccc32)c1.[Pt]. The van der Waals surface area contributed by atoms with Crippen LogP contribution in [0, 0.1) is 25.7 Å². The van der Waals surface area contributed by atoms with Gasteiger partial charge >= 0.3 is 0 Å². The van der Waals surface area contributed by atoms with Crippen LogP contribution in [-0.4, -0.2) is 31.6 Å². The molecule has 1 aliphatic rings. The van der Waals surface area contributed by atoms with E-state index in [2.05, 4.69) is 164 Å². The molecular weight excluding hydrogens is 874 g/mol. The second-order valence-corrected chi connectivity index (χ2v) is 17.7. The van der Waals surface area contributed by atoms with Crippen molar-refractivity contribution >= 4 is 38.9 Å². The molecule has 4 aromatic carbocycles. The van der Waals surface area contributed by atoms with Crippen LogP contribution in [0.2, 0.25) is 0 Å². The quantitative estimate of drug-likeness (QED) is 0.159. The molecule has 3 aromatic heterocycles. The monoisotopic (exact) mass is 921 g/mol. The summed E-state index contributed by atoms with van der Waals surface area (Å²) in [6, 6.07) is 34.6. The fourth-order valence-electron chi connectivity index (χ4n) is 6.93. The summed E-state index contributed by atoms with van der Waals surface area (Å²) >= 11 is 0. The van der Waals surface area contributed by atoms with Crippen LogP contribution in [0.15, 0.2) is 85.1 Å². The van der Waals surface area contributed by atoms with Crippen LogP contribution in [-0.2, 0) is 37.3 Å². The van der Waals surface area contributed by atoms with Crippen molar-refractivity contribution in [1.29, 1.82) is 0 Å². The summed E-state index contributed by atoms with van der Waals surface area (Å²) in [6.45, 7) is 23.7. The van der Waals surface area contributed by atoms with Gasteiger partial charge in [-0.1, -0.05) is 92.1 Å². The average molecular weight is 922 g/mol. The molecule has 1 aliphatic heterocycles. The first-order valence-corrected chi connectivity index (χ1v) is 18.9. The molecule has 8 nitrogen and oxygen atoms in total. The maximum atomic E-state index is 6.93. The van der Waals surface area contributed by atoms with Gasteiger partial charge in [-0.2, -0.15) is 12.7 Å². The normalized spacial score (nSPS) is 13.3. The first-order valence-electron chi connectivity index (χ1n) is 18.9. The van der Waals surface area contributed by atoms with Gasteiger partial charge in [0.2, 0.25) is 0 Å². The molecule has 0 fully saturated rings. The Labute approximate surface area is 345 Å². The Morgan fingerprint density at radius 2 is 1.39 bits per heavy atom. The molecule has 0 spiro atoms. The molecule has 0 unspecified atom stereocenters. The van der Waals surface area contributed by atoms with Crippen molar-refractivity contribution in [2.45, 2.75) is 85.5 Å². The molecule has 7 aromatic rings. The number of hydrogen-bond acceptors (Lipinski definition) is 7. The molecule has 0 aliphatic carbocycles. The number of para-hydroxylation sites is 2. The van der Waals surface area contributed by atoms with E-state index in [1.807, 2.05) is 30.5 Å². The molecule has 0 amide bonds. The number of anilines is 3. The Kier molecular flexibility index (Phi) is 9.89. The van der Waals surface area contributed by atoms with Crippen LogP contribution >= 0.6 is 0 Å². The van der Waals surface area contributed by atoms with Gasteiger partial charge in [0.25, 0.3) is 0 Å². The predicted molar refractivity (Wildman–Crippen MR) is 224 cm³/mol. The van der Waals surface area contributed by atoms with E-state index in [0.717, 1.165) is 67.5 Å². The van der Waals surface area contributed by atoms with Crippen LogP contribution < -0.4 is 14.5 Å². The third-order valence-electron chi connectivity index (χ3n) is 10.0. The van der Waals surface area contributed by atoms with Crippen molar-refractivity contribution in [1.82, 2.24) is 24.5 Å². The zero-order chi connectivity index (χ0) is 39.0. The first-order chi connectivity index (χ1) is 26.0. The van der Waals surface area contributed by atoms with Crippen molar-refractivity contribution in [3.8, 4) is 28.7 Å². The third kappa shape index (κ3) is 7.20. The van der Waals surface area contributed by atoms with Gasteiger partial charge in [0, 0.05) is 66.5 Å². The Balaban J connectivity index is 0.00000480. The molecule has 0 saturated heterocycles. The van der Waals surface area contributed by atoms with E-state index in [9.17, 15) is 0 Å². The maximum absolute atomic E-state index is 6.93. The van der Waals surface area contributed by atoms with Gasteiger partial charge < -0.3 is 19.1 Å². The van der Waals surface area contributed by atoms with Crippen molar-refractivity contribution in [3.05, 3.63) is 127 Å². The molecule has 56 heavy (non-hydrogen) atoms. The zero-order valence-electron chi connectivity index (χ0n) is 34.0. The van der Waals surface area contributed by atoms with Crippen LogP contribution in [0.25, 0.3) is 39.0 Å². The van der Waals surface area contributed by atoms with Gasteiger partial charge in [-0.15, -0.1) is 41.4 Å². The molecule has 8 rings (SSSR count). The summed E-state index contributed by atoms with van der Waals surface area (Å²) in [6.07, 6.45) is 1.86. The molecular formula is C47H48N7OPt-3. The standard InChI is InChI=1S/C47H48N7O.Pt/c1-29-21-22-48-41(23-29)54-36-20-19-30(45(2,3)4)24-33(36)34-26-35(42-49-43(46(5,6)7)51-44(50-42)47(8,9)10)40(27-39(34)54)55-32-16-14-15-31(25-32)53-28-52(11)37-17-12-13-18-38(37)53;/h12-24,26,28H,1-11H3;/q-3;. The van der Waals surface area contributed by atoms with E-state index in [-0.39, 0.29) is 37.3 Å². The van der Waals surface area contributed by atoms with E-state index in [0.29, 0.717) is 17.3 Å². The Bertz CT molecular complexity index is 2580. The van der Waals surface area contributed by atoms with Gasteiger partial charge in [-0.25, -0.2) is 19.9 Å². The van der Waals surface area contributed by atoms with E-state index >= 15 is 0 Å². The second kappa shape index (κ2) is 14.1. The van der Waals surface area contributed by atoms with Gasteiger partial charge in [0.05, 0.1) is 0 Å². The fourth-order valence-corrected chi connectivity index (χ4v) is 6.93. The summed E-state index contributed by atoms with van der Waals surface area (Å²) in [5.41, 5.74) is 7.31. The van der Waals surface area contributed by atoms with E-state index < -0.39 is 0 Å². The minimum Gasteiger partial charge on any atom is -0.508 e. The Hall–Kier alpha value is -5.07. The number of rotatable bonds is 5. The Morgan fingerprint density at radius 3 is 2.05 bits per heavy atom. The largest absolute Gasteiger partial charge is 0.508 e. The molecule has 9 heteroatoms. The van der Waals surface area contributed by atoms with Crippen LogP contribution in [0.3, 0.4) is 0 Å². The second-order valence-electron chi connectivity index (χ2n) is 17.7. The molecule has 290 valence electrons. The number of ether oxygens (including phenoxy) is 1. The molecule has 0 N–H and O–H groups in total. The molecule has 4 heterocycles. The summed E-state index contributed by atoms with van der Waals surface area (Å²) < 4.78 is 9.11. The Morgan fingerprint density at radius 1 is 0.696 bits per heavy atom. The van der Waals surface area contributed by atoms with Gasteiger partial charge in [0.1, 0.15) is 23.3 Å². The summed E-state index contributed by atoms with van der Waals surface area (Å²) in [4.78, 5) is 24.4. The van der Waals surface area contributed by atoms with Gasteiger partial charge in [0.15, 0.2) is 0 Å². The van der Waals surface area contributed by atoms with Crippen LogP contribution in [0.1, 0.15) is 85.1 Å². The summed E-state index contributed by atoms with van der Waals surface area (Å²) in [5.74, 6) is 3.82. The van der Waals surface area contributed by atoms with E-state index in [1.165, 1.54) is 5.56 Å². The maximum Gasteiger partial charge on any atom is 0.137 e. The minimum atomic E-state index is -0.321. The van der Waals surface area contributed by atoms with Gasteiger partial charge in [-0.3, -0.25) is 0 Å². The minimum absolute atomic E-state index is 0. The molecule has 0 atom stereocenters. The van der Waals surface area contributed by atoms with Crippen molar-refractivity contribution in [2.24, 2.45) is 0 Å². The zero-order valence-corrected chi connectivity index (χ0v) is 36.3. The number of aromatic nitrogens is 5. The fraction of sp³-hybridized carbons (Fsp3) is 0.298. The van der Waals surface area contributed by atoms with Crippen molar-refractivity contribution in [3.63, 3.8) is 0 Å². The third-order valence-corrected chi connectivity index (χ3v) is 10.0. The number of fused-ring (bicyclic) bond motifs is 4. The number of nitrogens with zero attached hydrogens (tertiary/aromatic N) is 7. The average Bonchev–Trinajstić information content (AvgIpc) is 3.63. The predicted octanol–water partition coefficient (Wildman–Crippen LogP) is 11.3. The van der Waals surface area contributed by atoms with E-state index in [4.69, 9.17) is 24.7 Å². The number of aryl methyl sites for hydroxylation is 1. The van der Waals surface area contributed by atoms with Gasteiger partial charge in [-0.05, 0) is 71.8 Å². The van der Waals surface area contributed by atoms with Crippen molar-refractivity contribution < 1.29 is 25.8 Å².